The molecule has 1 aliphatic heterocycles. The van der Waals surface area contributed by atoms with Crippen LogP contribution in [0.2, 0.25) is 0 Å². The van der Waals surface area contributed by atoms with E-state index in [1.807, 2.05) is 6.07 Å². The average Bonchev–Trinajstić information content (AvgIpc) is 2.50. The Hall–Kier alpha value is -2.41. The predicted molar refractivity (Wildman–Crippen MR) is 89.7 cm³/mol. The zero-order valence-electron chi connectivity index (χ0n) is 13.1. The van der Waals surface area contributed by atoms with Crippen molar-refractivity contribution in [1.82, 2.24) is 15.3 Å². The summed E-state index contributed by atoms with van der Waals surface area (Å²) in [5.74, 6) is 0.983. The van der Waals surface area contributed by atoms with Gasteiger partial charge in [-0.25, -0.2) is 4.39 Å². The molecule has 1 fully saturated rings. The standard InChI is InChI=1S/C16H21FN6/c1-10-9-23(6-5-20-10)15-13(14(18)21-16(19)22-15)8-11-3-2-4-12(17)7-11/h2-4,7,10,20H,5-6,8-9H2,1H3,(H4,18,19,21,22)/t10-/m0/s1. The molecule has 0 bridgehead atoms. The molecule has 1 aromatic heterocycles. The quantitative estimate of drug-likeness (QED) is 0.787. The van der Waals surface area contributed by atoms with Crippen molar-refractivity contribution in [2.75, 3.05) is 36.0 Å². The SMILES string of the molecule is C[C@H]1CN(c2nc(N)nc(N)c2Cc2cccc(F)c2)CCN1. The molecule has 2 aromatic rings. The first-order valence-electron chi connectivity index (χ1n) is 7.67. The minimum atomic E-state index is -0.269. The molecule has 3 rings (SSSR count). The molecular weight excluding hydrogens is 295 g/mol. The molecule has 6 nitrogen and oxygen atoms in total. The number of nitrogens with zero attached hydrogens (tertiary/aromatic N) is 3. The van der Waals surface area contributed by atoms with Crippen LogP contribution in [0.5, 0.6) is 0 Å². The summed E-state index contributed by atoms with van der Waals surface area (Å²) in [6, 6.07) is 6.82. The van der Waals surface area contributed by atoms with Crippen LogP contribution in [0.1, 0.15) is 18.1 Å². The number of halogens is 1. The minimum Gasteiger partial charge on any atom is -0.383 e. The van der Waals surface area contributed by atoms with E-state index in [-0.39, 0.29) is 11.8 Å². The molecular formula is C16H21FN6. The first-order chi connectivity index (χ1) is 11.0. The number of anilines is 3. The van der Waals surface area contributed by atoms with Gasteiger partial charge in [-0.3, -0.25) is 0 Å². The number of hydrogen-bond donors (Lipinski definition) is 3. The molecule has 1 saturated heterocycles. The minimum absolute atomic E-state index is 0.159. The maximum Gasteiger partial charge on any atom is 0.223 e. The molecule has 1 aromatic carbocycles. The molecule has 1 atom stereocenters. The Labute approximate surface area is 134 Å². The molecule has 0 saturated carbocycles. The molecule has 0 radical (unpaired) electrons. The summed E-state index contributed by atoms with van der Waals surface area (Å²) in [5.41, 5.74) is 13.5. The number of nitrogen functional groups attached to an aromatic ring is 2. The van der Waals surface area contributed by atoms with Crippen molar-refractivity contribution in [1.29, 1.82) is 0 Å². The smallest absolute Gasteiger partial charge is 0.223 e. The van der Waals surface area contributed by atoms with E-state index < -0.39 is 0 Å². The first kappa shape index (κ1) is 15.5. The third kappa shape index (κ3) is 3.50. The number of aromatic nitrogens is 2. The van der Waals surface area contributed by atoms with Gasteiger partial charge in [-0.1, -0.05) is 12.1 Å². The van der Waals surface area contributed by atoms with E-state index in [4.69, 9.17) is 11.5 Å². The molecule has 5 N–H and O–H groups in total. The van der Waals surface area contributed by atoms with Gasteiger partial charge in [-0.2, -0.15) is 9.97 Å². The molecule has 1 aliphatic rings. The van der Waals surface area contributed by atoms with E-state index in [1.54, 1.807) is 6.07 Å². The predicted octanol–water partition coefficient (Wildman–Crippen LogP) is 1.17. The second-order valence-corrected chi connectivity index (χ2v) is 5.88. The van der Waals surface area contributed by atoms with Gasteiger partial charge in [0.15, 0.2) is 0 Å². The Morgan fingerprint density at radius 3 is 2.91 bits per heavy atom. The van der Waals surface area contributed by atoms with Crippen molar-refractivity contribution in [2.45, 2.75) is 19.4 Å². The van der Waals surface area contributed by atoms with Crippen LogP contribution in [-0.2, 0) is 6.42 Å². The molecule has 0 aliphatic carbocycles. The average molecular weight is 316 g/mol. The van der Waals surface area contributed by atoms with E-state index in [2.05, 4.69) is 27.1 Å². The zero-order valence-corrected chi connectivity index (χ0v) is 13.1. The van der Waals surface area contributed by atoms with Crippen LogP contribution in [0.15, 0.2) is 24.3 Å². The number of rotatable bonds is 3. The molecule has 0 unspecified atom stereocenters. The highest BCUT2D eigenvalue weighted by Crippen LogP contribution is 2.27. The highest BCUT2D eigenvalue weighted by atomic mass is 19.1. The Morgan fingerprint density at radius 2 is 2.17 bits per heavy atom. The van der Waals surface area contributed by atoms with Crippen molar-refractivity contribution in [3.05, 3.63) is 41.2 Å². The topological polar surface area (TPSA) is 93.1 Å². The van der Waals surface area contributed by atoms with E-state index in [0.717, 1.165) is 36.6 Å². The van der Waals surface area contributed by atoms with Crippen molar-refractivity contribution in [3.63, 3.8) is 0 Å². The van der Waals surface area contributed by atoms with Crippen molar-refractivity contribution in [2.24, 2.45) is 0 Å². The normalized spacial score (nSPS) is 18.2. The maximum absolute atomic E-state index is 13.4. The summed E-state index contributed by atoms with van der Waals surface area (Å²) in [6.45, 7) is 4.61. The van der Waals surface area contributed by atoms with Gasteiger partial charge in [0.05, 0.1) is 0 Å². The van der Waals surface area contributed by atoms with E-state index in [9.17, 15) is 4.39 Å². The van der Waals surface area contributed by atoms with Gasteiger partial charge >= 0.3 is 0 Å². The van der Waals surface area contributed by atoms with E-state index in [1.165, 1.54) is 12.1 Å². The van der Waals surface area contributed by atoms with Gasteiger partial charge in [0.1, 0.15) is 17.5 Å². The second kappa shape index (κ2) is 6.37. The molecule has 7 heteroatoms. The van der Waals surface area contributed by atoms with E-state index >= 15 is 0 Å². The fraction of sp³-hybridized carbons (Fsp3) is 0.375. The highest BCUT2D eigenvalue weighted by molar-refractivity contribution is 5.61. The van der Waals surface area contributed by atoms with Crippen molar-refractivity contribution in [3.8, 4) is 0 Å². The molecule has 122 valence electrons. The third-order valence-corrected chi connectivity index (χ3v) is 3.97. The van der Waals surface area contributed by atoms with Gasteiger partial charge in [0.2, 0.25) is 5.95 Å². The van der Waals surface area contributed by atoms with Gasteiger partial charge in [-0.15, -0.1) is 0 Å². The summed E-state index contributed by atoms with van der Waals surface area (Å²) >= 11 is 0. The van der Waals surface area contributed by atoms with Crippen LogP contribution in [0.4, 0.5) is 22.0 Å². The van der Waals surface area contributed by atoms with Gasteiger partial charge in [-0.05, 0) is 24.6 Å². The van der Waals surface area contributed by atoms with Crippen LogP contribution in [0.25, 0.3) is 0 Å². The Bertz CT molecular complexity index is 705. The third-order valence-electron chi connectivity index (χ3n) is 3.97. The van der Waals surface area contributed by atoms with Crippen LogP contribution in [0.3, 0.4) is 0 Å². The van der Waals surface area contributed by atoms with Gasteiger partial charge in [0.25, 0.3) is 0 Å². The Morgan fingerprint density at radius 1 is 1.35 bits per heavy atom. The van der Waals surface area contributed by atoms with Crippen LogP contribution >= 0.6 is 0 Å². The molecule has 2 heterocycles. The van der Waals surface area contributed by atoms with Gasteiger partial charge in [0, 0.05) is 37.7 Å². The first-order valence-corrected chi connectivity index (χ1v) is 7.67. The van der Waals surface area contributed by atoms with Crippen molar-refractivity contribution < 1.29 is 4.39 Å². The number of nitrogens with one attached hydrogen (secondary N) is 1. The summed E-state index contributed by atoms with van der Waals surface area (Å²) < 4.78 is 13.4. The highest BCUT2D eigenvalue weighted by Gasteiger charge is 2.22. The lowest BCUT2D eigenvalue weighted by Gasteiger charge is -2.34. The largest absolute Gasteiger partial charge is 0.383 e. The second-order valence-electron chi connectivity index (χ2n) is 5.88. The number of nitrogens with two attached hydrogens (primary N) is 2. The Balaban J connectivity index is 1.98. The summed E-state index contributed by atoms with van der Waals surface area (Å²) in [7, 11) is 0. The lowest BCUT2D eigenvalue weighted by Crippen LogP contribution is -2.50. The zero-order chi connectivity index (χ0) is 16.4. The lowest BCUT2D eigenvalue weighted by atomic mass is 10.0. The fourth-order valence-corrected chi connectivity index (χ4v) is 2.91. The van der Waals surface area contributed by atoms with E-state index in [0.29, 0.717) is 18.3 Å². The Kier molecular flexibility index (Phi) is 4.29. The number of benzene rings is 1. The van der Waals surface area contributed by atoms with Crippen LogP contribution in [-0.4, -0.2) is 35.6 Å². The maximum atomic E-state index is 13.4. The summed E-state index contributed by atoms with van der Waals surface area (Å²) in [6.07, 6.45) is 0.470. The monoisotopic (exact) mass is 316 g/mol. The molecule has 0 amide bonds. The lowest BCUT2D eigenvalue weighted by molar-refractivity contribution is 0.481. The molecule has 0 spiro atoms. The van der Waals surface area contributed by atoms with Crippen LogP contribution < -0.4 is 21.7 Å². The fourth-order valence-electron chi connectivity index (χ4n) is 2.91. The van der Waals surface area contributed by atoms with Crippen LogP contribution in [0, 0.1) is 5.82 Å². The summed E-state index contributed by atoms with van der Waals surface area (Å²) in [5, 5.41) is 3.39. The van der Waals surface area contributed by atoms with Gasteiger partial charge < -0.3 is 21.7 Å². The summed E-state index contributed by atoms with van der Waals surface area (Å²) in [4.78, 5) is 10.6. The number of hydrogen-bond acceptors (Lipinski definition) is 6. The van der Waals surface area contributed by atoms with Crippen molar-refractivity contribution >= 4 is 17.6 Å². The molecule has 23 heavy (non-hydrogen) atoms. The number of piperazine rings is 1.